The molecule has 7 nitrogen and oxygen atoms in total. The highest BCUT2D eigenvalue weighted by Gasteiger charge is 2.36. The highest BCUT2D eigenvalue weighted by molar-refractivity contribution is 5.98. The van der Waals surface area contributed by atoms with Gasteiger partial charge in [-0.25, -0.2) is 9.37 Å². The molecular formula is C26H32FN3O4. The molecule has 1 aliphatic heterocycles. The van der Waals surface area contributed by atoms with Gasteiger partial charge in [0.1, 0.15) is 17.5 Å². The minimum Gasteiger partial charge on any atom is -0.472 e. The molecule has 1 aromatic carbocycles. The molecule has 2 heterocycles. The summed E-state index contributed by atoms with van der Waals surface area (Å²) in [6.45, 7) is 4.26. The number of aliphatic hydroxyl groups excluding tert-OH is 1. The zero-order valence-corrected chi connectivity index (χ0v) is 19.9. The Labute approximate surface area is 199 Å². The molecule has 8 heteroatoms. The summed E-state index contributed by atoms with van der Waals surface area (Å²) in [5, 5.41) is 9.81. The third kappa shape index (κ3) is 4.78. The first-order valence-electron chi connectivity index (χ1n) is 11.9. The van der Waals surface area contributed by atoms with Gasteiger partial charge in [-0.05, 0) is 31.9 Å². The summed E-state index contributed by atoms with van der Waals surface area (Å²) in [5.74, 6) is -0.505. The highest BCUT2D eigenvalue weighted by Crippen LogP contribution is 2.32. The summed E-state index contributed by atoms with van der Waals surface area (Å²) in [6.07, 6.45) is 4.02. The largest absolute Gasteiger partial charge is 0.472 e. The number of benzene rings is 1. The van der Waals surface area contributed by atoms with Gasteiger partial charge < -0.3 is 19.6 Å². The quantitative estimate of drug-likeness (QED) is 0.702. The van der Waals surface area contributed by atoms with Crippen molar-refractivity contribution in [1.29, 1.82) is 0 Å². The molecule has 2 amide bonds. The van der Waals surface area contributed by atoms with Gasteiger partial charge in [0.15, 0.2) is 0 Å². The lowest BCUT2D eigenvalue weighted by molar-refractivity contribution is -0.138. The van der Waals surface area contributed by atoms with Crippen LogP contribution in [0.1, 0.15) is 43.5 Å². The first-order chi connectivity index (χ1) is 16.3. The lowest BCUT2D eigenvalue weighted by Crippen LogP contribution is -2.51. The number of aliphatic hydroxyl groups is 1. The first kappa shape index (κ1) is 24.1. The Morgan fingerprint density at radius 3 is 2.71 bits per heavy atom. The van der Waals surface area contributed by atoms with Crippen molar-refractivity contribution in [3.8, 4) is 17.0 Å². The molecule has 2 aromatic rings. The van der Waals surface area contributed by atoms with Gasteiger partial charge in [0, 0.05) is 42.8 Å². The molecule has 0 spiro atoms. The van der Waals surface area contributed by atoms with Crippen LogP contribution in [0.4, 0.5) is 4.39 Å². The molecule has 2 aliphatic rings. The van der Waals surface area contributed by atoms with Crippen molar-refractivity contribution in [1.82, 2.24) is 14.8 Å². The number of nitrogens with zero attached hydrogens (tertiary/aromatic N) is 3. The number of carbonyl (C=O) groups is 2. The highest BCUT2D eigenvalue weighted by atomic mass is 19.1. The van der Waals surface area contributed by atoms with Crippen molar-refractivity contribution in [3.05, 3.63) is 47.9 Å². The molecule has 0 saturated heterocycles. The maximum absolute atomic E-state index is 14.4. The van der Waals surface area contributed by atoms with Gasteiger partial charge in [0.25, 0.3) is 5.91 Å². The fourth-order valence-corrected chi connectivity index (χ4v) is 4.49. The second-order valence-corrected chi connectivity index (χ2v) is 9.53. The van der Waals surface area contributed by atoms with E-state index in [1.165, 1.54) is 12.3 Å². The standard InChI is InChI=1S/C26H32FN3O4/c1-16-13-30(17(2)15-31)26(33)21-11-19(20-9-4-5-10-22(20)27)12-28-24(21)34-23(16)14-29(3)25(32)18-7-6-8-18/h4-5,9-12,16-18,23,31H,6-8,13-15H2,1-3H3/t16-,17-,23-/m1/s1. The molecular weight excluding hydrogens is 437 g/mol. The van der Waals surface area contributed by atoms with Crippen molar-refractivity contribution in [2.45, 2.75) is 45.3 Å². The van der Waals surface area contributed by atoms with Gasteiger partial charge in [0.05, 0.1) is 19.2 Å². The molecule has 0 bridgehead atoms. The summed E-state index contributed by atoms with van der Waals surface area (Å²) in [6, 6.07) is 7.49. The number of fused-ring (bicyclic) bond motifs is 1. The van der Waals surface area contributed by atoms with Crippen molar-refractivity contribution >= 4 is 11.8 Å². The fraction of sp³-hybridized carbons (Fsp3) is 0.500. The summed E-state index contributed by atoms with van der Waals surface area (Å²) in [4.78, 5) is 34.0. The van der Waals surface area contributed by atoms with Crippen LogP contribution in [0.5, 0.6) is 5.88 Å². The number of hydrogen-bond donors (Lipinski definition) is 1. The summed E-state index contributed by atoms with van der Waals surface area (Å²) >= 11 is 0. The zero-order valence-electron chi connectivity index (χ0n) is 19.9. The van der Waals surface area contributed by atoms with Crippen LogP contribution in [0.15, 0.2) is 36.5 Å². The number of aromatic nitrogens is 1. The van der Waals surface area contributed by atoms with Crippen LogP contribution in [0, 0.1) is 17.7 Å². The van der Waals surface area contributed by atoms with Crippen LogP contribution in [0.3, 0.4) is 0 Å². The third-order valence-electron chi connectivity index (χ3n) is 6.99. The summed E-state index contributed by atoms with van der Waals surface area (Å²) in [7, 11) is 1.78. The second-order valence-electron chi connectivity index (χ2n) is 9.53. The molecule has 1 fully saturated rings. The molecule has 0 radical (unpaired) electrons. The average Bonchev–Trinajstić information content (AvgIpc) is 2.79. The Morgan fingerprint density at radius 2 is 2.06 bits per heavy atom. The van der Waals surface area contributed by atoms with E-state index in [1.54, 1.807) is 48.0 Å². The van der Waals surface area contributed by atoms with Gasteiger partial charge >= 0.3 is 0 Å². The van der Waals surface area contributed by atoms with Crippen molar-refractivity contribution in [2.24, 2.45) is 11.8 Å². The number of amides is 2. The maximum atomic E-state index is 14.4. The normalized spacial score (nSPS) is 21.6. The number of halogens is 1. The van der Waals surface area contributed by atoms with Gasteiger partial charge in [-0.3, -0.25) is 9.59 Å². The topological polar surface area (TPSA) is 83.0 Å². The number of pyridine rings is 1. The Bertz CT molecular complexity index is 1060. The molecule has 34 heavy (non-hydrogen) atoms. The van der Waals surface area contributed by atoms with E-state index in [0.717, 1.165) is 19.3 Å². The monoisotopic (exact) mass is 469 g/mol. The molecule has 4 rings (SSSR count). The lowest BCUT2D eigenvalue weighted by Gasteiger charge is -2.38. The predicted molar refractivity (Wildman–Crippen MR) is 126 cm³/mol. The number of hydrogen-bond acceptors (Lipinski definition) is 5. The molecule has 3 atom stereocenters. The minimum absolute atomic E-state index is 0.0788. The van der Waals surface area contributed by atoms with Crippen molar-refractivity contribution in [2.75, 3.05) is 26.7 Å². The van der Waals surface area contributed by atoms with Crippen molar-refractivity contribution < 1.29 is 23.8 Å². The van der Waals surface area contributed by atoms with Gasteiger partial charge in [-0.1, -0.05) is 31.5 Å². The predicted octanol–water partition coefficient (Wildman–Crippen LogP) is 3.37. The van der Waals surface area contributed by atoms with Gasteiger partial charge in [-0.2, -0.15) is 0 Å². The van der Waals surface area contributed by atoms with Crippen LogP contribution in [0.2, 0.25) is 0 Å². The Morgan fingerprint density at radius 1 is 1.32 bits per heavy atom. The first-order valence-corrected chi connectivity index (χ1v) is 11.9. The van der Waals surface area contributed by atoms with Crippen LogP contribution in [0.25, 0.3) is 11.1 Å². The number of likely N-dealkylation sites (N-methyl/N-ethyl adjacent to an activating group) is 1. The van der Waals surface area contributed by atoms with E-state index in [1.807, 2.05) is 6.92 Å². The van der Waals surface area contributed by atoms with Crippen LogP contribution >= 0.6 is 0 Å². The molecule has 1 aromatic heterocycles. The number of carbonyl (C=O) groups excluding carboxylic acids is 2. The molecule has 1 saturated carbocycles. The lowest BCUT2D eigenvalue weighted by atomic mass is 9.84. The van der Waals surface area contributed by atoms with E-state index >= 15 is 0 Å². The van der Waals surface area contributed by atoms with E-state index in [0.29, 0.717) is 24.2 Å². The summed E-state index contributed by atoms with van der Waals surface area (Å²) in [5.41, 5.74) is 1.02. The molecule has 0 unspecified atom stereocenters. The Hall–Kier alpha value is -3.00. The Balaban J connectivity index is 1.69. The fourth-order valence-electron chi connectivity index (χ4n) is 4.49. The average molecular weight is 470 g/mol. The second kappa shape index (κ2) is 10.1. The van der Waals surface area contributed by atoms with Gasteiger partial charge in [-0.15, -0.1) is 0 Å². The zero-order chi connectivity index (χ0) is 24.4. The molecule has 1 N–H and O–H groups in total. The number of rotatable bonds is 6. The van der Waals surface area contributed by atoms with Crippen LogP contribution < -0.4 is 4.74 Å². The maximum Gasteiger partial charge on any atom is 0.259 e. The number of ether oxygens (including phenoxy) is 1. The van der Waals surface area contributed by atoms with E-state index in [9.17, 15) is 19.1 Å². The van der Waals surface area contributed by atoms with E-state index in [2.05, 4.69) is 4.98 Å². The smallest absolute Gasteiger partial charge is 0.259 e. The van der Waals surface area contributed by atoms with Crippen molar-refractivity contribution in [3.63, 3.8) is 0 Å². The Kier molecular flexibility index (Phi) is 7.16. The van der Waals surface area contributed by atoms with E-state index in [-0.39, 0.29) is 41.7 Å². The minimum atomic E-state index is -0.423. The van der Waals surface area contributed by atoms with Crippen LogP contribution in [-0.4, -0.2) is 70.6 Å². The summed E-state index contributed by atoms with van der Waals surface area (Å²) < 4.78 is 20.7. The molecule has 1 aliphatic carbocycles. The van der Waals surface area contributed by atoms with E-state index < -0.39 is 18.0 Å². The SMILES string of the molecule is C[C@@H]1CN([C@H](C)CO)C(=O)c2cc(-c3ccccc3F)cnc2O[C@@H]1CN(C)C(=O)C1CCC1. The van der Waals surface area contributed by atoms with Crippen LogP contribution in [-0.2, 0) is 4.79 Å². The van der Waals surface area contributed by atoms with E-state index in [4.69, 9.17) is 4.74 Å². The third-order valence-corrected chi connectivity index (χ3v) is 6.99. The molecule has 182 valence electrons. The van der Waals surface area contributed by atoms with Gasteiger partial charge in [0.2, 0.25) is 11.8 Å².